The largest absolute Gasteiger partial charge is 0.416 e. The fourth-order valence-electron chi connectivity index (χ4n) is 2.60. The van der Waals surface area contributed by atoms with Crippen LogP contribution in [0, 0.1) is 0 Å². The minimum absolute atomic E-state index is 0.239. The summed E-state index contributed by atoms with van der Waals surface area (Å²) in [7, 11) is 5.86. The van der Waals surface area contributed by atoms with Gasteiger partial charge in [-0.25, -0.2) is 0 Å². The average molecular weight is 380 g/mol. The molecule has 0 heterocycles. The number of alkyl halides is 3. The first-order chi connectivity index (χ1) is 12.6. The van der Waals surface area contributed by atoms with Crippen molar-refractivity contribution >= 4 is 17.3 Å². The number of nitrogens with zero attached hydrogens (tertiary/aromatic N) is 1. The van der Waals surface area contributed by atoms with E-state index in [0.717, 1.165) is 28.3 Å². The molecule has 2 aromatic rings. The topological polar surface area (TPSA) is 36.8 Å². The van der Waals surface area contributed by atoms with Gasteiger partial charge in [0.25, 0.3) is 5.91 Å². The summed E-state index contributed by atoms with van der Waals surface area (Å²) in [5.41, 5.74) is 1.82. The van der Waals surface area contributed by atoms with Gasteiger partial charge in [-0.15, -0.1) is 0 Å². The van der Waals surface area contributed by atoms with Gasteiger partial charge in [-0.3, -0.25) is 4.79 Å². The monoisotopic (exact) mass is 380 g/mol. The number of carbonyl (C=O) groups excluding carboxylic acids is 1. The van der Waals surface area contributed by atoms with Crippen LogP contribution >= 0.6 is 0 Å². The van der Waals surface area contributed by atoms with Crippen molar-refractivity contribution in [2.45, 2.75) is 25.7 Å². The molecule has 0 bridgehead atoms. The quantitative estimate of drug-likeness (QED) is 0.809. The summed E-state index contributed by atoms with van der Waals surface area (Å²) in [6, 6.07) is 12.2. The summed E-state index contributed by atoms with van der Waals surface area (Å²) in [4.78, 5) is 15.4. The zero-order chi connectivity index (χ0) is 20.2. The molecule has 0 saturated carbocycles. The fourth-order valence-corrected chi connectivity index (χ4v) is 2.60. The highest BCUT2D eigenvalue weighted by atomic mass is 19.4. The Hall–Kier alpha value is -2.54. The number of amides is 1. The summed E-state index contributed by atoms with van der Waals surface area (Å²) in [6.07, 6.45) is -4.39. The lowest BCUT2D eigenvalue weighted by Gasteiger charge is -2.21. The maximum atomic E-state index is 12.6. The molecular weight excluding hydrogens is 355 g/mol. The second-order valence-electron chi connectivity index (χ2n) is 6.87. The molecule has 1 amide bonds. The zero-order valence-corrected chi connectivity index (χ0v) is 15.9. The molecule has 0 fully saturated rings. The highest BCUT2D eigenvalue weighted by molar-refractivity contribution is 5.93. The van der Waals surface area contributed by atoms with E-state index in [4.69, 9.17) is 0 Å². The number of benzene rings is 2. The van der Waals surface area contributed by atoms with Crippen LogP contribution in [0.15, 0.2) is 48.5 Å². The zero-order valence-electron chi connectivity index (χ0n) is 15.9. The summed E-state index contributed by atoms with van der Waals surface area (Å²) in [5, 5.41) is 2.68. The number of carbonyl (C=O) groups is 1. The van der Waals surface area contributed by atoms with Gasteiger partial charge in [-0.05, 0) is 43.3 Å². The third-order valence-electron chi connectivity index (χ3n) is 4.55. The molecule has 0 aliphatic heterocycles. The highest BCUT2D eigenvalue weighted by Gasteiger charge is 2.30. The Kier molecular flexibility index (Phi) is 6.49. The Bertz CT molecular complexity index is 756. The van der Waals surface area contributed by atoms with Gasteiger partial charge in [0, 0.05) is 31.0 Å². The molecule has 0 radical (unpaired) electrons. The average Bonchev–Trinajstić information content (AvgIpc) is 2.61. The molecule has 1 unspecified atom stereocenters. The Labute approximate surface area is 157 Å². The van der Waals surface area contributed by atoms with E-state index in [1.807, 2.05) is 50.3 Å². The number of likely N-dealkylation sites (N-methyl/N-ethyl adjacent to an activating group) is 1. The van der Waals surface area contributed by atoms with Crippen molar-refractivity contribution in [1.82, 2.24) is 0 Å². The van der Waals surface area contributed by atoms with Crippen molar-refractivity contribution in [3.8, 4) is 0 Å². The number of rotatable bonds is 6. The number of anilines is 2. The predicted molar refractivity (Wildman–Crippen MR) is 101 cm³/mol. The SMILES string of the molecule is C[C@H](C(=O)Nc1ccc(C(F)(F)F)cc1)[NH+](C)Cc1ccc(N(C)C)cc1. The van der Waals surface area contributed by atoms with E-state index >= 15 is 0 Å². The van der Waals surface area contributed by atoms with Crippen LogP contribution in [0.25, 0.3) is 0 Å². The first kappa shape index (κ1) is 20.8. The van der Waals surface area contributed by atoms with Gasteiger partial charge in [0.1, 0.15) is 6.54 Å². The third kappa shape index (κ3) is 5.72. The molecule has 4 nitrogen and oxygen atoms in total. The van der Waals surface area contributed by atoms with Crippen molar-refractivity contribution < 1.29 is 22.9 Å². The van der Waals surface area contributed by atoms with E-state index in [-0.39, 0.29) is 11.9 Å². The van der Waals surface area contributed by atoms with Crippen molar-refractivity contribution in [1.29, 1.82) is 0 Å². The second-order valence-corrected chi connectivity index (χ2v) is 6.87. The predicted octanol–water partition coefficient (Wildman–Crippen LogP) is 2.81. The summed E-state index contributed by atoms with van der Waals surface area (Å²) < 4.78 is 37.8. The maximum absolute atomic E-state index is 12.6. The van der Waals surface area contributed by atoms with E-state index in [9.17, 15) is 18.0 Å². The number of nitrogens with one attached hydrogen (secondary N) is 2. The van der Waals surface area contributed by atoms with Gasteiger partial charge in [0.05, 0.1) is 12.6 Å². The lowest BCUT2D eigenvalue weighted by molar-refractivity contribution is -0.907. The number of hydrogen-bond acceptors (Lipinski definition) is 2. The lowest BCUT2D eigenvalue weighted by Crippen LogP contribution is -3.12. The molecule has 2 atom stereocenters. The highest BCUT2D eigenvalue weighted by Crippen LogP contribution is 2.29. The minimum Gasteiger partial charge on any atom is -0.378 e. The summed E-state index contributed by atoms with van der Waals surface area (Å²) in [6.45, 7) is 2.46. The molecule has 0 saturated heterocycles. The number of halogens is 3. The van der Waals surface area contributed by atoms with Crippen LogP contribution in [-0.4, -0.2) is 33.1 Å². The summed E-state index contributed by atoms with van der Waals surface area (Å²) in [5.74, 6) is -0.239. The van der Waals surface area contributed by atoms with E-state index in [2.05, 4.69) is 5.32 Å². The summed E-state index contributed by atoms with van der Waals surface area (Å²) >= 11 is 0. The Morgan fingerprint density at radius 1 is 1.07 bits per heavy atom. The van der Waals surface area contributed by atoms with Gasteiger partial charge in [0.2, 0.25) is 0 Å². The van der Waals surface area contributed by atoms with Crippen molar-refractivity contribution in [3.05, 3.63) is 59.7 Å². The molecule has 27 heavy (non-hydrogen) atoms. The van der Waals surface area contributed by atoms with E-state index in [0.29, 0.717) is 12.2 Å². The third-order valence-corrected chi connectivity index (χ3v) is 4.55. The molecule has 2 rings (SSSR count). The standard InChI is InChI=1S/C20H24F3N3O/c1-14(26(4)13-15-5-11-18(12-6-15)25(2)3)19(27)24-17-9-7-16(8-10-17)20(21,22)23/h5-12,14H,13H2,1-4H3,(H,24,27)/p+1/t14-/m1/s1. The van der Waals surface area contributed by atoms with E-state index in [1.165, 1.54) is 12.1 Å². The van der Waals surface area contributed by atoms with E-state index in [1.54, 1.807) is 6.92 Å². The van der Waals surface area contributed by atoms with Gasteiger partial charge in [0.15, 0.2) is 6.04 Å². The van der Waals surface area contributed by atoms with Crippen LogP contribution < -0.4 is 15.1 Å². The van der Waals surface area contributed by atoms with Crippen LogP contribution in [-0.2, 0) is 17.5 Å². The van der Waals surface area contributed by atoms with Crippen LogP contribution in [0.5, 0.6) is 0 Å². The van der Waals surface area contributed by atoms with Crippen molar-refractivity contribution in [3.63, 3.8) is 0 Å². The lowest BCUT2D eigenvalue weighted by atomic mass is 10.1. The Morgan fingerprint density at radius 2 is 1.63 bits per heavy atom. The maximum Gasteiger partial charge on any atom is 0.416 e. The number of quaternary nitrogens is 1. The molecule has 0 aromatic heterocycles. The van der Waals surface area contributed by atoms with Gasteiger partial charge >= 0.3 is 6.18 Å². The van der Waals surface area contributed by atoms with Crippen molar-refractivity contribution in [2.75, 3.05) is 31.4 Å². The van der Waals surface area contributed by atoms with E-state index < -0.39 is 11.7 Å². The molecule has 7 heteroatoms. The Balaban J connectivity index is 1.95. The normalized spacial score (nSPS) is 13.7. The van der Waals surface area contributed by atoms with Gasteiger partial charge in [-0.2, -0.15) is 13.2 Å². The molecule has 2 aromatic carbocycles. The first-order valence-electron chi connectivity index (χ1n) is 8.64. The second kappa shape index (κ2) is 8.43. The van der Waals surface area contributed by atoms with Crippen molar-refractivity contribution in [2.24, 2.45) is 0 Å². The minimum atomic E-state index is -4.39. The van der Waals surface area contributed by atoms with Crippen LogP contribution in [0.2, 0.25) is 0 Å². The van der Waals surface area contributed by atoms with Gasteiger partial charge in [-0.1, -0.05) is 12.1 Å². The molecule has 2 N–H and O–H groups in total. The van der Waals surface area contributed by atoms with Crippen LogP contribution in [0.4, 0.5) is 24.5 Å². The fraction of sp³-hybridized carbons (Fsp3) is 0.350. The number of hydrogen-bond donors (Lipinski definition) is 2. The Morgan fingerprint density at radius 3 is 2.11 bits per heavy atom. The van der Waals surface area contributed by atoms with Crippen LogP contribution in [0.3, 0.4) is 0 Å². The smallest absolute Gasteiger partial charge is 0.378 e. The molecule has 0 aliphatic carbocycles. The molecule has 0 spiro atoms. The molecular formula is C20H25F3N3O+. The first-order valence-corrected chi connectivity index (χ1v) is 8.64. The molecule has 146 valence electrons. The van der Waals surface area contributed by atoms with Crippen LogP contribution in [0.1, 0.15) is 18.1 Å². The van der Waals surface area contributed by atoms with Gasteiger partial charge < -0.3 is 15.1 Å². The molecule has 0 aliphatic rings.